The van der Waals surface area contributed by atoms with Crippen molar-refractivity contribution in [2.24, 2.45) is 0 Å². The van der Waals surface area contributed by atoms with Crippen molar-refractivity contribution in [3.63, 3.8) is 0 Å². The number of ether oxygens (including phenoxy) is 2. The molecule has 2 N–H and O–H groups in total. The van der Waals surface area contributed by atoms with E-state index in [9.17, 15) is 19.2 Å². The quantitative estimate of drug-likeness (QED) is 0.453. The molecule has 2 aromatic carbocycles. The Balaban J connectivity index is 1.95. The molecule has 1 heterocycles. The zero-order valence-corrected chi connectivity index (χ0v) is 17.8. The van der Waals surface area contributed by atoms with Gasteiger partial charge >= 0.3 is 12.0 Å². The molecule has 9 nitrogen and oxygen atoms in total. The van der Waals surface area contributed by atoms with E-state index in [2.05, 4.69) is 21.2 Å². The van der Waals surface area contributed by atoms with Crippen molar-refractivity contribution >= 4 is 51.5 Å². The molecule has 0 spiro atoms. The van der Waals surface area contributed by atoms with Gasteiger partial charge in [-0.05, 0) is 55.0 Å². The van der Waals surface area contributed by atoms with E-state index in [0.717, 1.165) is 9.37 Å². The first-order chi connectivity index (χ1) is 14.8. The second kappa shape index (κ2) is 9.43. The third-order valence-corrected chi connectivity index (χ3v) is 4.64. The molecular formula is C21H17BrN2O7. The Bertz CT molecular complexity index is 1080. The van der Waals surface area contributed by atoms with Gasteiger partial charge in [-0.2, -0.15) is 0 Å². The molecule has 0 unspecified atom stereocenters. The van der Waals surface area contributed by atoms with Crippen molar-refractivity contribution in [2.75, 3.05) is 18.1 Å². The van der Waals surface area contributed by atoms with Gasteiger partial charge in [0.1, 0.15) is 5.57 Å². The molecule has 1 aliphatic heterocycles. The summed E-state index contributed by atoms with van der Waals surface area (Å²) < 4.78 is 11.4. The number of imide groups is 2. The number of nitrogens with zero attached hydrogens (tertiary/aromatic N) is 1. The Morgan fingerprint density at radius 1 is 1.10 bits per heavy atom. The number of hydrogen-bond acceptors (Lipinski definition) is 6. The fourth-order valence-corrected chi connectivity index (χ4v) is 3.05. The summed E-state index contributed by atoms with van der Waals surface area (Å²) >= 11 is 3.29. The summed E-state index contributed by atoms with van der Waals surface area (Å²) in [4.78, 5) is 49.1. The lowest BCUT2D eigenvalue weighted by atomic mass is 10.1. The number of aliphatic carboxylic acids is 1. The number of carbonyl (C=O) groups is 4. The number of benzene rings is 2. The average molecular weight is 489 g/mol. The predicted octanol–water partition coefficient (Wildman–Crippen LogP) is 2.98. The number of rotatable bonds is 7. The van der Waals surface area contributed by atoms with Crippen LogP contribution in [0.25, 0.3) is 6.08 Å². The van der Waals surface area contributed by atoms with Crippen LogP contribution in [-0.4, -0.2) is 42.1 Å². The van der Waals surface area contributed by atoms with E-state index in [1.54, 1.807) is 31.2 Å². The number of anilines is 1. The van der Waals surface area contributed by atoms with Gasteiger partial charge in [-0.15, -0.1) is 0 Å². The van der Waals surface area contributed by atoms with Crippen LogP contribution in [0.5, 0.6) is 11.5 Å². The highest BCUT2D eigenvalue weighted by Crippen LogP contribution is 2.30. The van der Waals surface area contributed by atoms with Gasteiger partial charge in [-0.25, -0.2) is 14.5 Å². The minimum Gasteiger partial charge on any atom is -0.490 e. The second-order valence-electron chi connectivity index (χ2n) is 6.26. The Hall–Kier alpha value is -3.66. The molecule has 0 bridgehead atoms. The highest BCUT2D eigenvalue weighted by molar-refractivity contribution is 9.10. The molecule has 1 aliphatic rings. The molecule has 0 saturated carbocycles. The van der Waals surface area contributed by atoms with Gasteiger partial charge in [0, 0.05) is 4.47 Å². The molecule has 3 rings (SSSR count). The molecule has 1 fully saturated rings. The first kappa shape index (κ1) is 22.0. The Kier molecular flexibility index (Phi) is 6.71. The Morgan fingerprint density at radius 3 is 2.45 bits per heavy atom. The highest BCUT2D eigenvalue weighted by Gasteiger charge is 2.36. The van der Waals surface area contributed by atoms with Crippen molar-refractivity contribution in [3.05, 3.63) is 58.1 Å². The van der Waals surface area contributed by atoms with E-state index < -0.39 is 30.4 Å². The summed E-state index contributed by atoms with van der Waals surface area (Å²) in [5.74, 6) is -2.29. The van der Waals surface area contributed by atoms with Crippen LogP contribution < -0.4 is 19.7 Å². The molecule has 0 aliphatic carbocycles. The minimum absolute atomic E-state index is 0.206. The van der Waals surface area contributed by atoms with E-state index in [1.807, 2.05) is 0 Å². The number of amides is 4. The van der Waals surface area contributed by atoms with Crippen molar-refractivity contribution in [1.29, 1.82) is 0 Å². The monoisotopic (exact) mass is 488 g/mol. The fraction of sp³-hybridized carbons (Fsp3) is 0.143. The maximum absolute atomic E-state index is 12.9. The SMILES string of the molecule is CCOc1cc(/C=C2\C(=O)NC(=O)N(c3ccc(Br)cc3)C2=O)ccc1OCC(=O)O. The molecule has 4 amide bonds. The lowest BCUT2D eigenvalue weighted by Crippen LogP contribution is -2.54. The van der Waals surface area contributed by atoms with Gasteiger partial charge in [0.25, 0.3) is 11.8 Å². The molecular weight excluding hydrogens is 472 g/mol. The van der Waals surface area contributed by atoms with E-state index in [4.69, 9.17) is 14.6 Å². The predicted molar refractivity (Wildman–Crippen MR) is 114 cm³/mol. The molecule has 31 heavy (non-hydrogen) atoms. The maximum atomic E-state index is 12.9. The first-order valence-electron chi connectivity index (χ1n) is 9.08. The third-order valence-electron chi connectivity index (χ3n) is 4.12. The minimum atomic E-state index is -1.14. The van der Waals surface area contributed by atoms with E-state index in [1.165, 1.54) is 24.3 Å². The maximum Gasteiger partial charge on any atom is 0.341 e. The molecule has 1 saturated heterocycles. The normalized spacial score (nSPS) is 15.1. The van der Waals surface area contributed by atoms with Gasteiger partial charge in [0.15, 0.2) is 18.1 Å². The highest BCUT2D eigenvalue weighted by atomic mass is 79.9. The zero-order chi connectivity index (χ0) is 22.5. The van der Waals surface area contributed by atoms with Crippen LogP contribution in [-0.2, 0) is 14.4 Å². The first-order valence-corrected chi connectivity index (χ1v) is 9.88. The number of carboxylic acid groups (broad SMARTS) is 1. The van der Waals surface area contributed by atoms with Gasteiger partial charge in [-0.3, -0.25) is 14.9 Å². The van der Waals surface area contributed by atoms with Crippen LogP contribution >= 0.6 is 15.9 Å². The number of nitrogens with one attached hydrogen (secondary N) is 1. The number of halogens is 1. The smallest absolute Gasteiger partial charge is 0.341 e. The van der Waals surface area contributed by atoms with Crippen molar-refractivity contribution in [2.45, 2.75) is 6.92 Å². The summed E-state index contributed by atoms with van der Waals surface area (Å²) in [7, 11) is 0. The topological polar surface area (TPSA) is 122 Å². The van der Waals surface area contributed by atoms with E-state index >= 15 is 0 Å². The van der Waals surface area contributed by atoms with Crippen LogP contribution in [0.1, 0.15) is 12.5 Å². The molecule has 160 valence electrons. The van der Waals surface area contributed by atoms with Crippen LogP contribution in [0.2, 0.25) is 0 Å². The summed E-state index contributed by atoms with van der Waals surface area (Å²) in [6, 6.07) is 10.1. The van der Waals surface area contributed by atoms with Crippen LogP contribution in [0.15, 0.2) is 52.5 Å². The van der Waals surface area contributed by atoms with Crippen LogP contribution in [0.4, 0.5) is 10.5 Å². The van der Waals surface area contributed by atoms with Gasteiger partial charge in [0.05, 0.1) is 12.3 Å². The molecule has 2 aromatic rings. The lowest BCUT2D eigenvalue weighted by molar-refractivity contribution is -0.139. The number of urea groups is 1. The Morgan fingerprint density at radius 2 is 1.81 bits per heavy atom. The summed E-state index contributed by atoms with van der Waals surface area (Å²) in [5.41, 5.74) is 0.482. The molecule has 0 aromatic heterocycles. The summed E-state index contributed by atoms with van der Waals surface area (Å²) in [5, 5.41) is 10.9. The number of carboxylic acids is 1. The van der Waals surface area contributed by atoms with Crippen molar-refractivity contribution in [1.82, 2.24) is 5.32 Å². The zero-order valence-electron chi connectivity index (χ0n) is 16.3. The van der Waals surface area contributed by atoms with Gasteiger partial charge < -0.3 is 14.6 Å². The molecule has 0 radical (unpaired) electrons. The standard InChI is InChI=1S/C21H17BrN2O7/c1-2-30-17-10-12(3-8-16(17)31-11-18(25)26)9-15-19(27)23-21(29)24(20(15)28)14-6-4-13(22)5-7-14/h3-10H,2,11H2,1H3,(H,25,26)(H,23,27,29)/b15-9+. The summed E-state index contributed by atoms with van der Waals surface area (Å²) in [6.45, 7) is 1.48. The lowest BCUT2D eigenvalue weighted by Gasteiger charge is -2.26. The largest absolute Gasteiger partial charge is 0.490 e. The van der Waals surface area contributed by atoms with Crippen molar-refractivity contribution in [3.8, 4) is 11.5 Å². The Labute approximate surface area is 185 Å². The average Bonchev–Trinajstić information content (AvgIpc) is 2.72. The van der Waals surface area contributed by atoms with E-state index in [-0.39, 0.29) is 23.7 Å². The van der Waals surface area contributed by atoms with Crippen LogP contribution in [0, 0.1) is 0 Å². The van der Waals surface area contributed by atoms with Gasteiger partial charge in [0.2, 0.25) is 0 Å². The number of carbonyl (C=O) groups excluding carboxylic acids is 3. The van der Waals surface area contributed by atoms with Crippen LogP contribution in [0.3, 0.4) is 0 Å². The van der Waals surface area contributed by atoms with Gasteiger partial charge in [-0.1, -0.05) is 22.0 Å². The second-order valence-corrected chi connectivity index (χ2v) is 7.17. The number of barbiturate groups is 1. The molecule has 10 heteroatoms. The number of hydrogen-bond donors (Lipinski definition) is 2. The van der Waals surface area contributed by atoms with Crippen molar-refractivity contribution < 1.29 is 33.8 Å². The molecule has 0 atom stereocenters. The fourth-order valence-electron chi connectivity index (χ4n) is 2.79. The van der Waals surface area contributed by atoms with E-state index in [0.29, 0.717) is 11.3 Å². The third kappa shape index (κ3) is 5.10. The summed E-state index contributed by atoms with van der Waals surface area (Å²) in [6.07, 6.45) is 1.32.